The van der Waals surface area contributed by atoms with Gasteiger partial charge < -0.3 is 0 Å². The van der Waals surface area contributed by atoms with Crippen molar-refractivity contribution in [3.05, 3.63) is 118 Å². The topological polar surface area (TPSA) is 82.9 Å². The molecule has 0 saturated heterocycles. The van der Waals surface area contributed by atoms with Gasteiger partial charge in [-0.1, -0.05) is 59.6 Å². The van der Waals surface area contributed by atoms with E-state index in [0.717, 1.165) is 11.1 Å². The molecule has 0 aromatic heterocycles. The van der Waals surface area contributed by atoms with E-state index in [1.807, 2.05) is 36.4 Å². The van der Waals surface area contributed by atoms with Crippen molar-refractivity contribution in [2.24, 2.45) is 10.2 Å². The van der Waals surface area contributed by atoms with Crippen molar-refractivity contribution in [1.82, 2.24) is 0 Å². The summed E-state index contributed by atoms with van der Waals surface area (Å²) in [5, 5.41) is 9.47. The van der Waals surface area contributed by atoms with E-state index in [1.165, 1.54) is 24.3 Å². The zero-order valence-corrected chi connectivity index (χ0v) is 20.6. The molecule has 0 aliphatic heterocycles. The van der Waals surface area contributed by atoms with Crippen molar-refractivity contribution in [3.63, 3.8) is 0 Å². The van der Waals surface area contributed by atoms with E-state index in [1.54, 1.807) is 48.8 Å². The van der Waals surface area contributed by atoms with Crippen molar-refractivity contribution in [2.75, 3.05) is 10.9 Å². The molecule has 0 atom stereocenters. The normalized spacial score (nSPS) is 11.7. The maximum Gasteiger partial charge on any atom is 0.206 e. The fourth-order valence-electron chi connectivity index (χ4n) is 3.07. The van der Waals surface area contributed by atoms with E-state index < -0.39 is 9.84 Å². The van der Waals surface area contributed by atoms with Crippen LogP contribution in [0, 0.1) is 0 Å². The van der Waals surface area contributed by atoms with Crippen LogP contribution in [0.3, 0.4) is 0 Å². The number of hydrogen-bond donors (Lipinski definition) is 2. The number of halogens is 2. The van der Waals surface area contributed by atoms with Crippen LogP contribution in [0.5, 0.6) is 0 Å². The first kappa shape index (κ1) is 24.5. The predicted molar refractivity (Wildman–Crippen MR) is 144 cm³/mol. The van der Waals surface area contributed by atoms with Gasteiger partial charge in [-0.3, -0.25) is 10.9 Å². The van der Waals surface area contributed by atoms with Crippen LogP contribution in [0.4, 0.5) is 11.4 Å². The number of nitrogens with one attached hydrogen (secondary N) is 2. The van der Waals surface area contributed by atoms with Crippen LogP contribution in [0.15, 0.2) is 117 Å². The Labute approximate surface area is 213 Å². The lowest BCUT2D eigenvalue weighted by Crippen LogP contribution is -2.02. The van der Waals surface area contributed by atoms with Gasteiger partial charge in [-0.2, -0.15) is 10.2 Å². The van der Waals surface area contributed by atoms with Crippen molar-refractivity contribution in [1.29, 1.82) is 0 Å². The summed E-state index contributed by atoms with van der Waals surface area (Å²) in [7, 11) is -3.68. The van der Waals surface area contributed by atoms with Gasteiger partial charge in [0.1, 0.15) is 0 Å². The SMILES string of the molecule is O=S(=O)(c1ccc(N/N=C\c2ccccc2Cl)cc1)c1ccc(N/N=C\c2ccccc2Cl)cc1. The van der Waals surface area contributed by atoms with E-state index in [2.05, 4.69) is 21.1 Å². The van der Waals surface area contributed by atoms with Gasteiger partial charge in [0.25, 0.3) is 0 Å². The summed E-state index contributed by atoms with van der Waals surface area (Å²) in [6.45, 7) is 0. The van der Waals surface area contributed by atoms with Gasteiger partial charge in [-0.15, -0.1) is 0 Å². The van der Waals surface area contributed by atoms with Crippen molar-refractivity contribution < 1.29 is 8.42 Å². The average Bonchev–Trinajstić information content (AvgIpc) is 2.87. The fourth-order valence-corrected chi connectivity index (χ4v) is 4.70. The third kappa shape index (κ3) is 6.27. The molecule has 35 heavy (non-hydrogen) atoms. The van der Waals surface area contributed by atoms with Crippen LogP contribution in [-0.2, 0) is 9.84 Å². The second kappa shape index (κ2) is 11.2. The maximum atomic E-state index is 13.0. The number of nitrogens with zero attached hydrogens (tertiary/aromatic N) is 2. The summed E-state index contributed by atoms with van der Waals surface area (Å²) < 4.78 is 26.0. The molecule has 176 valence electrons. The largest absolute Gasteiger partial charge is 0.279 e. The Hall–Kier alpha value is -3.65. The maximum absolute atomic E-state index is 13.0. The van der Waals surface area contributed by atoms with Crippen molar-refractivity contribution in [2.45, 2.75) is 9.79 Å². The molecule has 0 amide bonds. The van der Waals surface area contributed by atoms with Crippen LogP contribution in [0.1, 0.15) is 11.1 Å². The molecule has 0 radical (unpaired) electrons. The molecule has 0 fully saturated rings. The highest BCUT2D eigenvalue weighted by molar-refractivity contribution is 7.91. The molecule has 4 aromatic carbocycles. The molecule has 9 heteroatoms. The second-order valence-electron chi connectivity index (χ2n) is 7.34. The van der Waals surface area contributed by atoms with Crippen molar-refractivity contribution in [3.8, 4) is 0 Å². The van der Waals surface area contributed by atoms with Gasteiger partial charge in [0, 0.05) is 21.2 Å². The number of benzene rings is 4. The Morgan fingerprint density at radius 2 is 0.943 bits per heavy atom. The van der Waals surface area contributed by atoms with Crippen LogP contribution in [-0.4, -0.2) is 20.8 Å². The molecule has 0 heterocycles. The molecule has 2 N–H and O–H groups in total. The van der Waals surface area contributed by atoms with Crippen LogP contribution < -0.4 is 10.9 Å². The molecular formula is C26H20Cl2N4O2S. The van der Waals surface area contributed by atoms with Crippen LogP contribution in [0.25, 0.3) is 0 Å². The zero-order chi connectivity index (χ0) is 24.7. The Morgan fingerprint density at radius 3 is 1.31 bits per heavy atom. The number of hydrogen-bond acceptors (Lipinski definition) is 6. The monoisotopic (exact) mass is 522 g/mol. The van der Waals surface area contributed by atoms with E-state index in [0.29, 0.717) is 21.4 Å². The summed E-state index contributed by atoms with van der Waals surface area (Å²) in [5.41, 5.74) is 8.56. The molecule has 0 aliphatic rings. The summed E-state index contributed by atoms with van der Waals surface area (Å²) in [5.74, 6) is 0. The van der Waals surface area contributed by atoms with E-state index in [4.69, 9.17) is 23.2 Å². The Balaban J connectivity index is 1.39. The fraction of sp³-hybridized carbons (Fsp3) is 0. The van der Waals surface area contributed by atoms with Gasteiger partial charge in [-0.25, -0.2) is 8.42 Å². The number of rotatable bonds is 8. The zero-order valence-electron chi connectivity index (χ0n) is 18.3. The lowest BCUT2D eigenvalue weighted by atomic mass is 10.2. The number of hydrazone groups is 2. The first-order chi connectivity index (χ1) is 16.9. The summed E-state index contributed by atoms with van der Waals surface area (Å²) in [4.78, 5) is 0.353. The minimum absolute atomic E-state index is 0.176. The Morgan fingerprint density at radius 1 is 0.571 bits per heavy atom. The average molecular weight is 523 g/mol. The minimum Gasteiger partial charge on any atom is -0.279 e. The highest BCUT2D eigenvalue weighted by atomic mass is 35.5. The minimum atomic E-state index is -3.68. The molecule has 0 aliphatic carbocycles. The molecule has 0 spiro atoms. The first-order valence-electron chi connectivity index (χ1n) is 10.5. The lowest BCUT2D eigenvalue weighted by molar-refractivity contribution is 0.596. The smallest absolute Gasteiger partial charge is 0.206 e. The van der Waals surface area contributed by atoms with Gasteiger partial charge in [-0.05, 0) is 60.7 Å². The van der Waals surface area contributed by atoms with E-state index >= 15 is 0 Å². The van der Waals surface area contributed by atoms with Gasteiger partial charge in [0.2, 0.25) is 9.84 Å². The Bertz CT molecular complexity index is 1360. The highest BCUT2D eigenvalue weighted by Gasteiger charge is 2.17. The molecule has 0 unspecified atom stereocenters. The third-order valence-corrected chi connectivity index (χ3v) is 7.41. The third-order valence-electron chi connectivity index (χ3n) is 4.93. The quantitative estimate of drug-likeness (QED) is 0.199. The van der Waals surface area contributed by atoms with Gasteiger partial charge in [0.15, 0.2) is 0 Å². The molecule has 4 aromatic rings. The summed E-state index contributed by atoms with van der Waals surface area (Å²) >= 11 is 12.2. The van der Waals surface area contributed by atoms with E-state index in [9.17, 15) is 8.42 Å². The second-order valence-corrected chi connectivity index (χ2v) is 10.1. The Kier molecular flexibility index (Phi) is 7.82. The summed E-state index contributed by atoms with van der Waals surface area (Å²) in [6, 6.07) is 27.4. The number of anilines is 2. The standard InChI is InChI=1S/C26H20Cl2N4O2S/c27-25-7-3-1-5-19(25)17-29-31-21-9-13-23(14-10-21)35(33,34)24-15-11-22(12-16-24)32-30-18-20-6-2-4-8-26(20)28/h1-18,31-32H/b29-17-,30-18-. The molecule has 0 bridgehead atoms. The number of sulfone groups is 1. The summed E-state index contributed by atoms with van der Waals surface area (Å²) in [6.07, 6.45) is 3.20. The van der Waals surface area contributed by atoms with Crippen molar-refractivity contribution >= 4 is 56.8 Å². The molecule has 6 nitrogen and oxygen atoms in total. The molecule has 4 rings (SSSR count). The van der Waals surface area contributed by atoms with E-state index in [-0.39, 0.29) is 9.79 Å². The predicted octanol–water partition coefficient (Wildman–Crippen LogP) is 6.72. The first-order valence-corrected chi connectivity index (χ1v) is 12.7. The van der Waals surface area contributed by atoms with Crippen LogP contribution >= 0.6 is 23.2 Å². The molecule has 0 saturated carbocycles. The van der Waals surface area contributed by atoms with Gasteiger partial charge in [0.05, 0.1) is 33.6 Å². The van der Waals surface area contributed by atoms with Gasteiger partial charge >= 0.3 is 0 Å². The molecular weight excluding hydrogens is 503 g/mol. The lowest BCUT2D eigenvalue weighted by Gasteiger charge is -2.07. The van der Waals surface area contributed by atoms with Crippen LogP contribution in [0.2, 0.25) is 10.0 Å². The highest BCUT2D eigenvalue weighted by Crippen LogP contribution is 2.24.